The molecule has 4 heteroatoms. The third-order valence-electron chi connectivity index (χ3n) is 4.86. The second-order valence-electron chi connectivity index (χ2n) is 7.52. The van der Waals surface area contributed by atoms with Gasteiger partial charge in [0.15, 0.2) is 0 Å². The van der Waals surface area contributed by atoms with Gasteiger partial charge in [0.2, 0.25) is 0 Å². The van der Waals surface area contributed by atoms with Crippen LogP contribution in [0.3, 0.4) is 0 Å². The summed E-state index contributed by atoms with van der Waals surface area (Å²) in [5, 5.41) is 10.6. The van der Waals surface area contributed by atoms with E-state index in [1.165, 1.54) is 0 Å². The maximum atomic E-state index is 11.4. The molecule has 27 heavy (non-hydrogen) atoms. The minimum atomic E-state index is -0.360. The van der Waals surface area contributed by atoms with E-state index in [0.29, 0.717) is 26.1 Å². The molecule has 0 spiro atoms. The molecular formula is C23H30O4. The molecule has 2 rings (SSSR count). The SMILES string of the molecule is CCC(=O)OCCC(C)(C)c1c(O)cc(C)c(OCc2ccccc2)c1C. The van der Waals surface area contributed by atoms with Gasteiger partial charge < -0.3 is 14.6 Å². The van der Waals surface area contributed by atoms with Crippen molar-refractivity contribution in [3.63, 3.8) is 0 Å². The maximum absolute atomic E-state index is 11.4. The van der Waals surface area contributed by atoms with E-state index < -0.39 is 0 Å². The number of aryl methyl sites for hydroxylation is 1. The van der Waals surface area contributed by atoms with Gasteiger partial charge in [0, 0.05) is 12.0 Å². The molecule has 0 aliphatic rings. The number of esters is 1. The second kappa shape index (κ2) is 8.94. The molecular weight excluding hydrogens is 340 g/mol. The summed E-state index contributed by atoms with van der Waals surface area (Å²) in [6, 6.07) is 11.8. The summed E-state index contributed by atoms with van der Waals surface area (Å²) in [7, 11) is 0. The van der Waals surface area contributed by atoms with E-state index in [9.17, 15) is 9.90 Å². The summed E-state index contributed by atoms with van der Waals surface area (Å²) in [5.74, 6) is 0.844. The Balaban J connectivity index is 2.24. The van der Waals surface area contributed by atoms with Crippen molar-refractivity contribution >= 4 is 5.97 Å². The molecule has 0 unspecified atom stereocenters. The highest BCUT2D eigenvalue weighted by atomic mass is 16.5. The van der Waals surface area contributed by atoms with Crippen LogP contribution in [-0.2, 0) is 21.6 Å². The Morgan fingerprint density at radius 3 is 2.44 bits per heavy atom. The summed E-state index contributed by atoms with van der Waals surface area (Å²) >= 11 is 0. The molecule has 2 aromatic rings. The molecule has 0 fully saturated rings. The Morgan fingerprint density at radius 1 is 1.15 bits per heavy atom. The fraction of sp³-hybridized carbons (Fsp3) is 0.435. The lowest BCUT2D eigenvalue weighted by Gasteiger charge is -2.29. The molecule has 0 atom stereocenters. The van der Waals surface area contributed by atoms with Gasteiger partial charge in [-0.15, -0.1) is 0 Å². The summed E-state index contributed by atoms with van der Waals surface area (Å²) in [6.07, 6.45) is 0.987. The van der Waals surface area contributed by atoms with Crippen molar-refractivity contribution < 1.29 is 19.4 Å². The molecule has 0 aliphatic carbocycles. The van der Waals surface area contributed by atoms with Crippen molar-refractivity contribution in [2.45, 2.75) is 59.5 Å². The van der Waals surface area contributed by atoms with Crippen LogP contribution < -0.4 is 4.74 Å². The lowest BCUT2D eigenvalue weighted by Crippen LogP contribution is -2.22. The molecule has 0 aromatic heterocycles. The molecule has 146 valence electrons. The highest BCUT2D eigenvalue weighted by Gasteiger charge is 2.29. The zero-order valence-corrected chi connectivity index (χ0v) is 17.0. The summed E-state index contributed by atoms with van der Waals surface area (Å²) in [5.41, 5.74) is 3.40. The number of carbonyl (C=O) groups is 1. The van der Waals surface area contributed by atoms with Crippen LogP contribution >= 0.6 is 0 Å². The zero-order valence-electron chi connectivity index (χ0n) is 17.0. The fourth-order valence-corrected chi connectivity index (χ4v) is 3.40. The van der Waals surface area contributed by atoms with Gasteiger partial charge in [-0.3, -0.25) is 4.79 Å². The van der Waals surface area contributed by atoms with Crippen LogP contribution in [0.15, 0.2) is 36.4 Å². The molecule has 2 aromatic carbocycles. The van der Waals surface area contributed by atoms with Crippen molar-refractivity contribution in [1.82, 2.24) is 0 Å². The Morgan fingerprint density at radius 2 is 1.81 bits per heavy atom. The summed E-state index contributed by atoms with van der Waals surface area (Å²) < 4.78 is 11.3. The van der Waals surface area contributed by atoms with Crippen LogP contribution in [0.25, 0.3) is 0 Å². The quantitative estimate of drug-likeness (QED) is 0.648. The van der Waals surface area contributed by atoms with Crippen molar-refractivity contribution in [3.05, 3.63) is 58.7 Å². The molecule has 0 amide bonds. The highest BCUT2D eigenvalue weighted by Crippen LogP contribution is 2.42. The standard InChI is InChI=1S/C23H30O4/c1-6-20(25)26-13-12-23(4,5)21-17(3)22(16(2)14-19(21)24)27-15-18-10-8-7-9-11-18/h7-11,14,24H,6,12-13,15H2,1-5H3. The van der Waals surface area contributed by atoms with Crippen LogP contribution in [0.5, 0.6) is 11.5 Å². The monoisotopic (exact) mass is 370 g/mol. The Hall–Kier alpha value is -2.49. The van der Waals surface area contributed by atoms with Crippen molar-refractivity contribution in [2.24, 2.45) is 0 Å². The van der Waals surface area contributed by atoms with E-state index in [1.807, 2.05) is 58.0 Å². The molecule has 1 N–H and O–H groups in total. The predicted molar refractivity (Wildman–Crippen MR) is 107 cm³/mol. The summed E-state index contributed by atoms with van der Waals surface area (Å²) in [6.45, 7) is 10.6. The smallest absolute Gasteiger partial charge is 0.305 e. The topological polar surface area (TPSA) is 55.8 Å². The average molecular weight is 370 g/mol. The van der Waals surface area contributed by atoms with Gasteiger partial charge in [0.25, 0.3) is 0 Å². The van der Waals surface area contributed by atoms with Gasteiger partial charge in [0.05, 0.1) is 6.61 Å². The van der Waals surface area contributed by atoms with Crippen LogP contribution in [0.1, 0.15) is 55.9 Å². The van der Waals surface area contributed by atoms with Crippen molar-refractivity contribution in [3.8, 4) is 11.5 Å². The Kier molecular flexibility index (Phi) is 6.89. The number of phenolic OH excluding ortho intramolecular Hbond substituents is 1. The number of aromatic hydroxyl groups is 1. The lowest BCUT2D eigenvalue weighted by atomic mass is 9.78. The van der Waals surface area contributed by atoms with E-state index in [2.05, 4.69) is 0 Å². The Labute approximate surface area is 162 Å². The molecule has 0 bridgehead atoms. The third kappa shape index (κ3) is 5.25. The van der Waals surface area contributed by atoms with Crippen molar-refractivity contribution in [1.29, 1.82) is 0 Å². The number of hydrogen-bond donors (Lipinski definition) is 1. The first kappa shape index (κ1) is 20.8. The minimum Gasteiger partial charge on any atom is -0.508 e. The lowest BCUT2D eigenvalue weighted by molar-refractivity contribution is -0.143. The van der Waals surface area contributed by atoms with Gasteiger partial charge in [-0.25, -0.2) is 0 Å². The van der Waals surface area contributed by atoms with E-state index in [-0.39, 0.29) is 17.1 Å². The predicted octanol–water partition coefficient (Wildman–Crippen LogP) is 5.21. The van der Waals surface area contributed by atoms with Gasteiger partial charge >= 0.3 is 5.97 Å². The Bertz CT molecular complexity index is 779. The van der Waals surface area contributed by atoms with Crippen LogP contribution in [0.2, 0.25) is 0 Å². The first-order valence-electron chi connectivity index (χ1n) is 9.42. The molecule has 0 saturated carbocycles. The second-order valence-corrected chi connectivity index (χ2v) is 7.52. The average Bonchev–Trinajstić information content (AvgIpc) is 2.61. The number of carbonyl (C=O) groups excluding carboxylic acids is 1. The summed E-state index contributed by atoms with van der Waals surface area (Å²) in [4.78, 5) is 11.4. The number of hydrogen-bond acceptors (Lipinski definition) is 4. The number of ether oxygens (including phenoxy) is 2. The molecule has 0 aliphatic heterocycles. The molecule has 4 nitrogen and oxygen atoms in total. The first-order valence-corrected chi connectivity index (χ1v) is 9.42. The van der Waals surface area contributed by atoms with Gasteiger partial charge in [-0.05, 0) is 48.4 Å². The van der Waals surface area contributed by atoms with E-state index >= 15 is 0 Å². The maximum Gasteiger partial charge on any atom is 0.305 e. The first-order chi connectivity index (χ1) is 12.8. The van der Waals surface area contributed by atoms with Gasteiger partial charge in [-0.1, -0.05) is 51.1 Å². The number of benzene rings is 2. The van der Waals surface area contributed by atoms with E-state index in [4.69, 9.17) is 9.47 Å². The van der Waals surface area contributed by atoms with Crippen molar-refractivity contribution in [2.75, 3.05) is 6.61 Å². The molecule has 0 radical (unpaired) electrons. The zero-order chi connectivity index (χ0) is 20.0. The highest BCUT2D eigenvalue weighted by molar-refractivity contribution is 5.68. The normalized spacial score (nSPS) is 11.3. The number of rotatable bonds is 8. The minimum absolute atomic E-state index is 0.206. The fourth-order valence-electron chi connectivity index (χ4n) is 3.40. The number of phenols is 1. The van der Waals surface area contributed by atoms with Crippen LogP contribution in [0, 0.1) is 13.8 Å². The molecule has 0 saturated heterocycles. The largest absolute Gasteiger partial charge is 0.508 e. The van der Waals surface area contributed by atoms with E-state index in [0.717, 1.165) is 28.0 Å². The van der Waals surface area contributed by atoms with Gasteiger partial charge in [-0.2, -0.15) is 0 Å². The van der Waals surface area contributed by atoms with Crippen LogP contribution in [-0.4, -0.2) is 17.7 Å². The third-order valence-corrected chi connectivity index (χ3v) is 4.86. The van der Waals surface area contributed by atoms with E-state index in [1.54, 1.807) is 13.0 Å². The molecule has 0 heterocycles. The van der Waals surface area contributed by atoms with Crippen LogP contribution in [0.4, 0.5) is 0 Å². The van der Waals surface area contributed by atoms with Gasteiger partial charge in [0.1, 0.15) is 18.1 Å².